The van der Waals surface area contributed by atoms with Gasteiger partial charge in [-0.15, -0.1) is 0 Å². The van der Waals surface area contributed by atoms with Gasteiger partial charge in [-0.25, -0.2) is 18.6 Å². The van der Waals surface area contributed by atoms with Gasteiger partial charge in [-0.05, 0) is 45.4 Å². The zero-order valence-corrected chi connectivity index (χ0v) is 16.8. The third-order valence-corrected chi connectivity index (χ3v) is 3.70. The van der Waals surface area contributed by atoms with E-state index in [0.717, 1.165) is 6.20 Å². The summed E-state index contributed by atoms with van der Waals surface area (Å²) in [4.78, 5) is 19.9. The molecule has 1 aromatic carbocycles. The van der Waals surface area contributed by atoms with Crippen LogP contribution in [0, 0.1) is 11.6 Å². The van der Waals surface area contributed by atoms with Gasteiger partial charge in [-0.2, -0.15) is 4.98 Å². The molecule has 1 atom stereocenters. The van der Waals surface area contributed by atoms with Crippen LogP contribution in [-0.4, -0.2) is 39.3 Å². The summed E-state index contributed by atoms with van der Waals surface area (Å²) in [6.45, 7) is 7.12. The van der Waals surface area contributed by atoms with Crippen LogP contribution in [-0.2, 0) is 0 Å². The number of aliphatic hydroxyl groups is 1. The number of amides is 2. The molecule has 29 heavy (non-hydrogen) atoms. The molecular weight excluding hydrogens is 382 g/mol. The van der Waals surface area contributed by atoms with Crippen molar-refractivity contribution in [2.24, 2.45) is 0 Å². The highest BCUT2D eigenvalue weighted by Crippen LogP contribution is 2.22. The van der Waals surface area contributed by atoms with E-state index in [2.05, 4.69) is 31.2 Å². The number of hydrogen-bond donors (Lipinski definition) is 5. The second-order valence-electron chi connectivity index (χ2n) is 7.50. The van der Waals surface area contributed by atoms with E-state index in [4.69, 9.17) is 0 Å². The van der Waals surface area contributed by atoms with E-state index in [1.807, 2.05) is 27.7 Å². The predicted molar refractivity (Wildman–Crippen MR) is 108 cm³/mol. The molecule has 0 spiro atoms. The van der Waals surface area contributed by atoms with Crippen LogP contribution in [0.15, 0.2) is 24.4 Å². The van der Waals surface area contributed by atoms with Crippen LogP contribution in [0.25, 0.3) is 0 Å². The fourth-order valence-corrected chi connectivity index (χ4v) is 2.36. The number of benzene rings is 1. The zero-order valence-electron chi connectivity index (χ0n) is 16.8. The molecule has 1 heterocycles. The van der Waals surface area contributed by atoms with Crippen LogP contribution in [0.4, 0.5) is 36.7 Å². The Balaban J connectivity index is 2.17. The van der Waals surface area contributed by atoms with Gasteiger partial charge >= 0.3 is 6.03 Å². The number of aromatic nitrogens is 2. The van der Waals surface area contributed by atoms with E-state index in [9.17, 15) is 18.7 Å². The van der Waals surface area contributed by atoms with E-state index in [1.54, 1.807) is 0 Å². The van der Waals surface area contributed by atoms with Crippen molar-refractivity contribution in [3.05, 3.63) is 36.0 Å². The van der Waals surface area contributed by atoms with Crippen molar-refractivity contribution >= 4 is 29.2 Å². The minimum Gasteiger partial charge on any atom is -0.394 e. The van der Waals surface area contributed by atoms with Gasteiger partial charge in [-0.1, -0.05) is 6.92 Å². The molecular formula is C19H26F2N6O2. The Morgan fingerprint density at radius 3 is 2.52 bits per heavy atom. The van der Waals surface area contributed by atoms with Crippen LogP contribution < -0.4 is 21.3 Å². The van der Waals surface area contributed by atoms with Gasteiger partial charge in [0.05, 0.1) is 18.8 Å². The number of rotatable bonds is 7. The first kappa shape index (κ1) is 22.3. The third-order valence-electron chi connectivity index (χ3n) is 3.70. The van der Waals surface area contributed by atoms with E-state index in [1.165, 1.54) is 18.2 Å². The van der Waals surface area contributed by atoms with Crippen LogP contribution >= 0.6 is 0 Å². The number of anilines is 4. The van der Waals surface area contributed by atoms with Crippen molar-refractivity contribution in [2.45, 2.75) is 45.7 Å². The lowest BCUT2D eigenvalue weighted by molar-refractivity contribution is 0.244. The van der Waals surface area contributed by atoms with E-state index in [-0.39, 0.29) is 35.8 Å². The van der Waals surface area contributed by atoms with Crippen molar-refractivity contribution in [1.82, 2.24) is 15.3 Å². The molecule has 0 aliphatic heterocycles. The molecule has 2 amide bonds. The number of carbonyl (C=O) groups is 1. The maximum Gasteiger partial charge on any atom is 0.319 e. The quantitative estimate of drug-likeness (QED) is 0.479. The Hall–Kier alpha value is -3.01. The number of halogens is 2. The Kier molecular flexibility index (Phi) is 7.27. The second kappa shape index (κ2) is 9.46. The first-order valence-corrected chi connectivity index (χ1v) is 9.16. The molecule has 0 saturated carbocycles. The third kappa shape index (κ3) is 7.15. The summed E-state index contributed by atoms with van der Waals surface area (Å²) >= 11 is 0. The Morgan fingerprint density at radius 1 is 1.21 bits per heavy atom. The predicted octanol–water partition coefficient (Wildman–Crippen LogP) is 3.60. The Bertz CT molecular complexity index is 853. The first-order chi connectivity index (χ1) is 13.6. The summed E-state index contributed by atoms with van der Waals surface area (Å²) in [5.41, 5.74) is 0.0400. The summed E-state index contributed by atoms with van der Waals surface area (Å²) in [5, 5.41) is 20.1. The molecule has 2 aromatic rings. The van der Waals surface area contributed by atoms with E-state index >= 15 is 0 Å². The topological polar surface area (TPSA) is 111 Å². The van der Waals surface area contributed by atoms with E-state index in [0.29, 0.717) is 6.42 Å². The molecule has 8 nitrogen and oxygen atoms in total. The lowest BCUT2D eigenvalue weighted by atomic mass is 10.1. The fraction of sp³-hybridized carbons (Fsp3) is 0.421. The maximum atomic E-state index is 14.0. The van der Waals surface area contributed by atoms with E-state index < -0.39 is 23.2 Å². The molecule has 0 aliphatic rings. The average Bonchev–Trinajstić information content (AvgIpc) is 2.59. The van der Waals surface area contributed by atoms with Gasteiger partial charge in [0, 0.05) is 16.9 Å². The minimum atomic E-state index is -0.678. The highest BCUT2D eigenvalue weighted by Gasteiger charge is 2.15. The van der Waals surface area contributed by atoms with Crippen molar-refractivity contribution < 1.29 is 18.7 Å². The smallest absolute Gasteiger partial charge is 0.319 e. The summed E-state index contributed by atoms with van der Waals surface area (Å²) in [5.74, 6) is -1.32. The van der Waals surface area contributed by atoms with Gasteiger partial charge < -0.3 is 26.4 Å². The molecule has 0 unspecified atom stereocenters. The number of nitrogens with zero attached hydrogens (tertiary/aromatic N) is 2. The van der Waals surface area contributed by atoms with Crippen LogP contribution in [0.5, 0.6) is 0 Å². The number of urea groups is 1. The van der Waals surface area contributed by atoms with Crippen LogP contribution in [0.3, 0.4) is 0 Å². The molecule has 1 aromatic heterocycles. The number of hydrogen-bond acceptors (Lipinski definition) is 6. The zero-order chi connectivity index (χ0) is 21.6. The van der Waals surface area contributed by atoms with Crippen molar-refractivity contribution in [3.8, 4) is 0 Å². The molecule has 158 valence electrons. The molecule has 0 fully saturated rings. The van der Waals surface area contributed by atoms with Crippen molar-refractivity contribution in [3.63, 3.8) is 0 Å². The normalized spacial score (nSPS) is 12.2. The van der Waals surface area contributed by atoms with Gasteiger partial charge in [0.1, 0.15) is 5.82 Å². The average molecular weight is 408 g/mol. The van der Waals surface area contributed by atoms with Gasteiger partial charge in [0.15, 0.2) is 11.6 Å². The largest absolute Gasteiger partial charge is 0.394 e. The summed E-state index contributed by atoms with van der Waals surface area (Å²) < 4.78 is 27.9. The molecule has 2 rings (SSSR count). The lowest BCUT2D eigenvalue weighted by Crippen LogP contribution is -2.43. The van der Waals surface area contributed by atoms with Crippen LogP contribution in [0.1, 0.15) is 34.1 Å². The highest BCUT2D eigenvalue weighted by atomic mass is 19.1. The molecule has 0 aliphatic carbocycles. The SMILES string of the molecule is CC[C@@H](CO)Nc1nc(Nc2cc(F)cc(NC(=O)NC(C)(C)C)c2)ncc1F. The summed E-state index contributed by atoms with van der Waals surface area (Å²) in [7, 11) is 0. The van der Waals surface area contributed by atoms with Gasteiger partial charge in [0.25, 0.3) is 0 Å². The number of aliphatic hydroxyl groups excluding tert-OH is 1. The first-order valence-electron chi connectivity index (χ1n) is 9.16. The summed E-state index contributed by atoms with van der Waals surface area (Å²) in [6, 6.07) is 3.01. The van der Waals surface area contributed by atoms with Crippen molar-refractivity contribution in [1.29, 1.82) is 0 Å². The minimum absolute atomic E-state index is 0.0254. The summed E-state index contributed by atoms with van der Waals surface area (Å²) in [6.07, 6.45) is 1.54. The molecule has 0 bridgehead atoms. The molecule has 0 saturated heterocycles. The second-order valence-corrected chi connectivity index (χ2v) is 7.50. The monoisotopic (exact) mass is 408 g/mol. The maximum absolute atomic E-state index is 14.0. The van der Waals surface area contributed by atoms with Crippen molar-refractivity contribution in [2.75, 3.05) is 22.6 Å². The highest BCUT2D eigenvalue weighted by molar-refractivity contribution is 5.90. The Morgan fingerprint density at radius 2 is 1.90 bits per heavy atom. The standard InChI is InChI=1S/C19H26F2N6O2/c1-5-12(10-28)23-16-15(21)9-22-17(26-16)24-13-6-11(20)7-14(8-13)25-18(29)27-19(2,3)4/h6-9,12,28H,5,10H2,1-4H3,(H2,25,27,29)(H2,22,23,24,26)/t12-/m0/s1. The number of carbonyl (C=O) groups excluding carboxylic acids is 1. The number of nitrogens with one attached hydrogen (secondary N) is 4. The molecule has 10 heteroatoms. The molecule has 0 radical (unpaired) electrons. The molecule has 5 N–H and O–H groups in total. The van der Waals surface area contributed by atoms with Gasteiger partial charge in [0.2, 0.25) is 5.95 Å². The lowest BCUT2D eigenvalue weighted by Gasteiger charge is -2.21. The van der Waals surface area contributed by atoms with Crippen LogP contribution in [0.2, 0.25) is 0 Å². The fourth-order valence-electron chi connectivity index (χ4n) is 2.36. The Labute approximate surface area is 168 Å². The van der Waals surface area contributed by atoms with Gasteiger partial charge in [-0.3, -0.25) is 0 Å².